The molecular formula is C23H31N7O3S. The van der Waals surface area contributed by atoms with Crippen LogP contribution in [0.15, 0.2) is 35.4 Å². The second-order valence-electron chi connectivity index (χ2n) is 8.92. The first-order chi connectivity index (χ1) is 16.4. The van der Waals surface area contributed by atoms with E-state index < -0.39 is 15.9 Å². The van der Waals surface area contributed by atoms with Crippen LogP contribution in [0.1, 0.15) is 54.9 Å². The van der Waals surface area contributed by atoms with E-state index in [1.54, 1.807) is 23.0 Å². The molecule has 0 radical (unpaired) electrons. The van der Waals surface area contributed by atoms with Gasteiger partial charge in [-0.05, 0) is 63.0 Å². The fraction of sp³-hybridized carbons (Fsp3) is 0.522. The number of benzene rings is 1. The van der Waals surface area contributed by atoms with Crippen molar-refractivity contribution in [3.05, 3.63) is 36.0 Å². The quantitative estimate of drug-likeness (QED) is 0.494. The molecule has 10 nitrogen and oxygen atoms in total. The van der Waals surface area contributed by atoms with Crippen molar-refractivity contribution in [3.63, 3.8) is 0 Å². The number of anilines is 2. The van der Waals surface area contributed by atoms with Crippen LogP contribution >= 0.6 is 0 Å². The molecule has 0 unspecified atom stereocenters. The Bertz CT molecular complexity index is 1150. The van der Waals surface area contributed by atoms with Crippen molar-refractivity contribution in [1.82, 2.24) is 19.4 Å². The molecule has 182 valence electrons. The number of hydrogen-bond donors (Lipinski definition) is 3. The van der Waals surface area contributed by atoms with Crippen LogP contribution in [0.5, 0.6) is 0 Å². The molecule has 2 heterocycles. The summed E-state index contributed by atoms with van der Waals surface area (Å²) in [5.41, 5.74) is 6.36. The summed E-state index contributed by atoms with van der Waals surface area (Å²) in [7, 11) is -3.61. The number of nitrogens with one attached hydrogen (secondary N) is 2. The monoisotopic (exact) mass is 485 g/mol. The Morgan fingerprint density at radius 1 is 1.15 bits per heavy atom. The number of carbonyl (C=O) groups excluding carboxylic acids is 1. The number of nitrogens with two attached hydrogens (primary N) is 1. The lowest BCUT2D eigenvalue weighted by atomic mass is 9.85. The Balaban J connectivity index is 1.44. The molecule has 4 rings (SSSR count). The fourth-order valence-electron chi connectivity index (χ4n) is 4.69. The van der Waals surface area contributed by atoms with Crippen LogP contribution in [0.2, 0.25) is 0 Å². The zero-order chi connectivity index (χ0) is 24.1. The van der Waals surface area contributed by atoms with Gasteiger partial charge in [0.2, 0.25) is 10.0 Å². The molecule has 4 N–H and O–H groups in total. The molecule has 1 aliphatic carbocycles. The number of nitriles is 1. The summed E-state index contributed by atoms with van der Waals surface area (Å²) in [4.78, 5) is 14.4. The Labute approximate surface area is 200 Å². The third-order valence-electron chi connectivity index (χ3n) is 6.58. The van der Waals surface area contributed by atoms with E-state index >= 15 is 0 Å². The van der Waals surface area contributed by atoms with E-state index in [9.17, 15) is 18.5 Å². The predicted octanol–water partition coefficient (Wildman–Crippen LogP) is 2.35. The van der Waals surface area contributed by atoms with E-state index in [1.807, 2.05) is 0 Å². The number of amides is 1. The number of rotatable bonds is 9. The summed E-state index contributed by atoms with van der Waals surface area (Å²) in [6.07, 6.45) is 7.54. The van der Waals surface area contributed by atoms with Crippen molar-refractivity contribution in [2.45, 2.75) is 49.5 Å². The Morgan fingerprint density at radius 3 is 2.53 bits per heavy atom. The van der Waals surface area contributed by atoms with E-state index in [4.69, 9.17) is 5.73 Å². The maximum Gasteiger partial charge on any atom is 0.254 e. The average molecular weight is 486 g/mol. The predicted molar refractivity (Wildman–Crippen MR) is 128 cm³/mol. The molecule has 1 saturated carbocycles. The second kappa shape index (κ2) is 10.5. The molecule has 34 heavy (non-hydrogen) atoms. The first-order valence-corrected chi connectivity index (χ1v) is 13.2. The molecule has 2 fully saturated rings. The summed E-state index contributed by atoms with van der Waals surface area (Å²) in [5, 5.41) is 17.1. The number of nitrogens with zero attached hydrogens (tertiary/aromatic N) is 4. The van der Waals surface area contributed by atoms with Gasteiger partial charge in [-0.25, -0.2) is 13.1 Å². The number of likely N-dealkylation sites (tertiary alicyclic amines) is 1. The van der Waals surface area contributed by atoms with Crippen molar-refractivity contribution in [2.24, 2.45) is 11.7 Å². The molecule has 11 heteroatoms. The average Bonchev–Trinajstić information content (AvgIpc) is 3.49. The van der Waals surface area contributed by atoms with Gasteiger partial charge in [0.15, 0.2) is 5.82 Å². The summed E-state index contributed by atoms with van der Waals surface area (Å²) in [5.74, 6) is -0.502. The fourth-order valence-corrected chi connectivity index (χ4v) is 5.72. The molecule has 1 aromatic heterocycles. The third kappa shape index (κ3) is 5.58. The third-order valence-corrected chi connectivity index (χ3v) is 8.06. The summed E-state index contributed by atoms with van der Waals surface area (Å²) < 4.78 is 29.5. The number of carbonyl (C=O) groups is 1. The van der Waals surface area contributed by atoms with Gasteiger partial charge in [-0.15, -0.1) is 0 Å². The van der Waals surface area contributed by atoms with Crippen LogP contribution in [0.3, 0.4) is 0 Å². The van der Waals surface area contributed by atoms with Gasteiger partial charge < -0.3 is 16.0 Å². The molecular weight excluding hydrogens is 454 g/mol. The van der Waals surface area contributed by atoms with Gasteiger partial charge in [0.05, 0.1) is 22.9 Å². The molecule has 1 aliphatic heterocycles. The summed E-state index contributed by atoms with van der Waals surface area (Å²) >= 11 is 0. The normalized spacial score (nSPS) is 21.3. The van der Waals surface area contributed by atoms with Crippen LogP contribution in [-0.4, -0.2) is 55.2 Å². The Hall–Kier alpha value is -2.94. The molecule has 0 spiro atoms. The SMILES string of the molecule is N#C[C@H]1CCCC[C@H]1n1cc(C(N)=O)c(Nc2ccc(S(=O)(=O)NCCN3CCCC3)cc2)n1. The maximum atomic E-state index is 12.6. The minimum absolute atomic E-state index is 0.105. The van der Waals surface area contributed by atoms with Gasteiger partial charge in [0, 0.05) is 25.0 Å². The molecule has 2 atom stereocenters. The van der Waals surface area contributed by atoms with E-state index in [0.717, 1.165) is 51.6 Å². The molecule has 1 saturated heterocycles. The first kappa shape index (κ1) is 24.2. The van der Waals surface area contributed by atoms with Crippen LogP contribution in [0, 0.1) is 17.2 Å². The van der Waals surface area contributed by atoms with Crippen LogP contribution in [-0.2, 0) is 10.0 Å². The standard InChI is InChI=1S/C23H31N7O3S/c24-15-17-5-1-2-6-21(17)30-16-20(22(25)31)23(28-30)27-18-7-9-19(10-8-18)34(32,33)26-11-14-29-12-3-4-13-29/h7-10,16-17,21,26H,1-6,11-14H2,(H2,25,31)(H,27,28)/t17-,21-/m1/s1. The zero-order valence-electron chi connectivity index (χ0n) is 19.1. The Kier molecular flexibility index (Phi) is 7.50. The Morgan fingerprint density at radius 2 is 1.85 bits per heavy atom. The zero-order valence-corrected chi connectivity index (χ0v) is 19.9. The minimum Gasteiger partial charge on any atom is -0.365 e. The number of aromatic nitrogens is 2. The van der Waals surface area contributed by atoms with Gasteiger partial charge in [0.1, 0.15) is 5.56 Å². The lowest BCUT2D eigenvalue weighted by molar-refractivity contribution is 0.100. The lowest BCUT2D eigenvalue weighted by Gasteiger charge is -2.26. The van der Waals surface area contributed by atoms with Crippen LogP contribution in [0.25, 0.3) is 0 Å². The van der Waals surface area contributed by atoms with Gasteiger partial charge in [-0.1, -0.05) is 12.8 Å². The van der Waals surface area contributed by atoms with Gasteiger partial charge in [-0.2, -0.15) is 10.4 Å². The highest BCUT2D eigenvalue weighted by molar-refractivity contribution is 7.89. The molecule has 1 aromatic carbocycles. The van der Waals surface area contributed by atoms with Crippen LogP contribution < -0.4 is 15.8 Å². The van der Waals surface area contributed by atoms with E-state index in [-0.39, 0.29) is 28.2 Å². The minimum atomic E-state index is -3.61. The second-order valence-corrected chi connectivity index (χ2v) is 10.7. The lowest BCUT2D eigenvalue weighted by Crippen LogP contribution is -2.33. The molecule has 1 amide bonds. The smallest absolute Gasteiger partial charge is 0.254 e. The number of sulfonamides is 1. The van der Waals surface area contributed by atoms with E-state index in [1.165, 1.54) is 12.1 Å². The van der Waals surface area contributed by atoms with Gasteiger partial charge in [0.25, 0.3) is 5.91 Å². The van der Waals surface area contributed by atoms with E-state index in [2.05, 4.69) is 26.1 Å². The van der Waals surface area contributed by atoms with Crippen LogP contribution in [0.4, 0.5) is 11.5 Å². The van der Waals surface area contributed by atoms with Crippen molar-refractivity contribution in [2.75, 3.05) is 31.5 Å². The van der Waals surface area contributed by atoms with Crippen molar-refractivity contribution in [1.29, 1.82) is 5.26 Å². The highest BCUT2D eigenvalue weighted by atomic mass is 32.2. The number of hydrogen-bond acceptors (Lipinski definition) is 7. The summed E-state index contributed by atoms with van der Waals surface area (Å²) in [6.45, 7) is 3.10. The van der Waals surface area contributed by atoms with Crippen molar-refractivity contribution < 1.29 is 13.2 Å². The topological polar surface area (TPSA) is 146 Å². The molecule has 2 aromatic rings. The highest BCUT2D eigenvalue weighted by Crippen LogP contribution is 2.34. The largest absolute Gasteiger partial charge is 0.365 e. The first-order valence-electron chi connectivity index (χ1n) is 11.7. The molecule has 0 bridgehead atoms. The van der Waals surface area contributed by atoms with Crippen molar-refractivity contribution in [3.8, 4) is 6.07 Å². The number of primary amides is 1. The highest BCUT2D eigenvalue weighted by Gasteiger charge is 2.29. The molecule has 2 aliphatic rings. The van der Waals surface area contributed by atoms with Gasteiger partial charge in [-0.3, -0.25) is 9.48 Å². The van der Waals surface area contributed by atoms with Gasteiger partial charge >= 0.3 is 0 Å². The van der Waals surface area contributed by atoms with E-state index in [0.29, 0.717) is 18.8 Å². The van der Waals surface area contributed by atoms with Crippen molar-refractivity contribution >= 4 is 27.4 Å². The maximum absolute atomic E-state index is 12.6. The summed E-state index contributed by atoms with van der Waals surface area (Å²) in [6, 6.07) is 8.50.